The van der Waals surface area contributed by atoms with Gasteiger partial charge in [-0.25, -0.2) is 0 Å². The first-order chi connectivity index (χ1) is 12.5. The summed E-state index contributed by atoms with van der Waals surface area (Å²) in [4.78, 5) is 13.8. The van der Waals surface area contributed by atoms with E-state index >= 15 is 0 Å². The lowest BCUT2D eigenvalue weighted by Crippen LogP contribution is -2.58. The van der Waals surface area contributed by atoms with Crippen LogP contribution in [0.2, 0.25) is 0 Å². The molecule has 0 amide bonds. The van der Waals surface area contributed by atoms with E-state index in [0.29, 0.717) is 26.0 Å². The molecule has 5 nitrogen and oxygen atoms in total. The minimum absolute atomic E-state index is 0. The Morgan fingerprint density at radius 3 is 2.70 bits per heavy atom. The van der Waals surface area contributed by atoms with Crippen molar-refractivity contribution in [1.82, 2.24) is 4.90 Å². The molecule has 1 unspecified atom stereocenters. The zero-order chi connectivity index (χ0) is 18.6. The molecule has 0 aromatic heterocycles. The minimum Gasteiger partial charge on any atom is -0.466 e. The fourth-order valence-electron chi connectivity index (χ4n) is 3.89. The smallest absolute Gasteiger partial charge is 0.306 e. The first kappa shape index (κ1) is 21.5. The van der Waals surface area contributed by atoms with Crippen molar-refractivity contribution < 1.29 is 19.7 Å². The zero-order valence-electron chi connectivity index (χ0n) is 15.3. The predicted molar refractivity (Wildman–Crippen MR) is 108 cm³/mol. The molecule has 4 rings (SSSR count). The number of fused-ring (bicyclic) bond motifs is 3. The van der Waals surface area contributed by atoms with Crippen LogP contribution in [0.3, 0.4) is 0 Å². The van der Waals surface area contributed by atoms with Crippen molar-refractivity contribution in [2.24, 2.45) is 5.92 Å². The molecule has 27 heavy (non-hydrogen) atoms. The number of benzene rings is 1. The highest BCUT2D eigenvalue weighted by molar-refractivity contribution is 5.75. The Labute approximate surface area is 163 Å². The van der Waals surface area contributed by atoms with Gasteiger partial charge in [0.1, 0.15) is 5.60 Å². The van der Waals surface area contributed by atoms with E-state index in [9.17, 15) is 15.0 Å². The highest BCUT2D eigenvalue weighted by Crippen LogP contribution is 2.35. The monoisotopic (exact) mass is 371 g/mol. The molecule has 3 heterocycles. The average Bonchev–Trinajstić information content (AvgIpc) is 2.66. The molecule has 1 aromatic carbocycles. The fraction of sp³-hybridized carbons (Fsp3) is 0.571. The molecule has 2 bridgehead atoms. The van der Waals surface area contributed by atoms with Gasteiger partial charge in [-0.15, -0.1) is 0 Å². The van der Waals surface area contributed by atoms with Crippen molar-refractivity contribution in [1.29, 1.82) is 0 Å². The van der Waals surface area contributed by atoms with Gasteiger partial charge in [0.2, 0.25) is 0 Å². The topological polar surface area (TPSA) is 70.0 Å². The molecule has 0 saturated carbocycles. The Morgan fingerprint density at radius 2 is 2.11 bits per heavy atom. The van der Waals surface area contributed by atoms with E-state index in [0.717, 1.165) is 42.6 Å². The van der Waals surface area contributed by atoms with E-state index < -0.39 is 5.60 Å². The van der Waals surface area contributed by atoms with Gasteiger partial charge in [0.15, 0.2) is 0 Å². The highest BCUT2D eigenvalue weighted by atomic mass is 16.5. The van der Waals surface area contributed by atoms with Gasteiger partial charge in [-0.3, -0.25) is 9.69 Å². The van der Waals surface area contributed by atoms with Crippen molar-refractivity contribution in [3.63, 3.8) is 0 Å². The van der Waals surface area contributed by atoms with Gasteiger partial charge in [0, 0.05) is 24.4 Å². The van der Waals surface area contributed by atoms with Crippen LogP contribution in [0.15, 0.2) is 18.2 Å². The maximum atomic E-state index is 11.5. The summed E-state index contributed by atoms with van der Waals surface area (Å²) in [5, 5.41) is 20.6. The SMILES string of the molecule is B.CCOC(=O)CCc1ccc(C#CC2(O)CN3CCC2CC3)c(CO)c1. The normalized spacial score (nSPS) is 25.9. The van der Waals surface area contributed by atoms with Crippen molar-refractivity contribution in [2.45, 2.75) is 44.8 Å². The summed E-state index contributed by atoms with van der Waals surface area (Å²) in [6, 6.07) is 5.66. The molecular weight excluding hydrogens is 341 g/mol. The van der Waals surface area contributed by atoms with E-state index in [-0.39, 0.29) is 26.9 Å². The summed E-state index contributed by atoms with van der Waals surface area (Å²) in [6.45, 7) is 4.76. The Bertz CT molecular complexity index is 719. The van der Waals surface area contributed by atoms with Crippen molar-refractivity contribution in [3.8, 4) is 11.8 Å². The highest BCUT2D eigenvalue weighted by Gasteiger charge is 2.44. The summed E-state index contributed by atoms with van der Waals surface area (Å²) in [6.07, 6.45) is 2.87. The molecule has 3 saturated heterocycles. The number of aryl methyl sites for hydroxylation is 1. The number of ether oxygens (including phenoxy) is 1. The number of aliphatic hydroxyl groups is 2. The summed E-state index contributed by atoms with van der Waals surface area (Å²) < 4.78 is 4.94. The molecule has 6 heteroatoms. The number of nitrogens with zero attached hydrogens (tertiary/aromatic N) is 1. The van der Waals surface area contributed by atoms with E-state index in [1.54, 1.807) is 6.92 Å². The molecule has 146 valence electrons. The van der Waals surface area contributed by atoms with Gasteiger partial charge in [0.25, 0.3) is 0 Å². The fourth-order valence-corrected chi connectivity index (χ4v) is 3.89. The number of esters is 1. The van der Waals surface area contributed by atoms with Crippen LogP contribution in [0.5, 0.6) is 0 Å². The van der Waals surface area contributed by atoms with Crippen molar-refractivity contribution in [3.05, 3.63) is 34.9 Å². The second-order valence-electron chi connectivity index (χ2n) is 7.18. The summed E-state index contributed by atoms with van der Waals surface area (Å²) in [5.74, 6) is 6.20. The predicted octanol–water partition coefficient (Wildman–Crippen LogP) is 0.299. The molecule has 0 aliphatic carbocycles. The first-order valence-corrected chi connectivity index (χ1v) is 9.40. The maximum absolute atomic E-state index is 11.5. The second-order valence-corrected chi connectivity index (χ2v) is 7.18. The van der Waals surface area contributed by atoms with Crippen LogP contribution < -0.4 is 0 Å². The third-order valence-electron chi connectivity index (χ3n) is 5.40. The Balaban J connectivity index is 0.00000261. The standard InChI is InChI=1S/C21H27NO4.BH3/c1-2-26-20(24)6-4-16-3-5-17(18(13-16)14-23)7-10-21(25)15-22-11-8-19(21)9-12-22;/h3,5,13,19,23,25H,2,4,6,8-9,11-12,14-15H2,1H3;1H3. The van der Waals surface area contributed by atoms with Crippen LogP contribution in [0.4, 0.5) is 0 Å². The largest absolute Gasteiger partial charge is 0.466 e. The number of carbonyl (C=O) groups excluding carboxylic acids is 1. The quantitative estimate of drug-likeness (QED) is 0.443. The third-order valence-corrected chi connectivity index (χ3v) is 5.40. The maximum Gasteiger partial charge on any atom is 0.306 e. The van der Waals surface area contributed by atoms with E-state index in [2.05, 4.69) is 16.7 Å². The van der Waals surface area contributed by atoms with Gasteiger partial charge in [-0.2, -0.15) is 0 Å². The van der Waals surface area contributed by atoms with Gasteiger partial charge in [-0.1, -0.05) is 24.0 Å². The van der Waals surface area contributed by atoms with E-state index in [4.69, 9.17) is 4.74 Å². The van der Waals surface area contributed by atoms with Crippen molar-refractivity contribution in [2.75, 3.05) is 26.2 Å². The summed E-state index contributed by atoms with van der Waals surface area (Å²) >= 11 is 0. The van der Waals surface area contributed by atoms with E-state index in [1.807, 2.05) is 18.2 Å². The lowest BCUT2D eigenvalue weighted by molar-refractivity contribution is -0.143. The van der Waals surface area contributed by atoms with Gasteiger partial charge < -0.3 is 14.9 Å². The zero-order valence-corrected chi connectivity index (χ0v) is 15.3. The summed E-state index contributed by atoms with van der Waals surface area (Å²) in [7, 11) is 0. The molecular formula is C21H30BNO4. The minimum atomic E-state index is -0.953. The molecule has 1 aromatic rings. The van der Waals surface area contributed by atoms with Crippen LogP contribution in [0, 0.1) is 17.8 Å². The second kappa shape index (κ2) is 9.41. The van der Waals surface area contributed by atoms with Crippen LogP contribution >= 0.6 is 0 Å². The first-order valence-electron chi connectivity index (χ1n) is 9.40. The lowest BCUT2D eigenvalue weighted by atomic mass is 9.75. The Kier molecular flexibility index (Phi) is 7.49. The van der Waals surface area contributed by atoms with Gasteiger partial charge in [-0.05, 0) is 56.5 Å². The van der Waals surface area contributed by atoms with Gasteiger partial charge >= 0.3 is 5.97 Å². The molecule has 1 atom stereocenters. The Morgan fingerprint density at radius 1 is 1.37 bits per heavy atom. The number of hydrogen-bond donors (Lipinski definition) is 2. The summed E-state index contributed by atoms with van der Waals surface area (Å²) in [5.41, 5.74) is 1.47. The van der Waals surface area contributed by atoms with Crippen LogP contribution in [0.1, 0.15) is 42.9 Å². The molecule has 3 aliphatic heterocycles. The molecule has 3 aliphatic rings. The molecule has 3 fully saturated rings. The molecule has 2 N–H and O–H groups in total. The van der Waals surface area contributed by atoms with Crippen LogP contribution in [0.25, 0.3) is 0 Å². The van der Waals surface area contributed by atoms with Crippen LogP contribution in [-0.4, -0.2) is 61.3 Å². The number of rotatable bonds is 5. The lowest BCUT2D eigenvalue weighted by Gasteiger charge is -2.47. The molecule has 0 radical (unpaired) electrons. The third kappa shape index (κ3) is 5.13. The average molecular weight is 371 g/mol. The molecule has 0 spiro atoms. The number of piperidine rings is 3. The number of hydrogen-bond acceptors (Lipinski definition) is 5. The Hall–Kier alpha value is -1.81. The van der Waals surface area contributed by atoms with Gasteiger partial charge in [0.05, 0.1) is 21.6 Å². The number of carbonyl (C=O) groups is 1. The van der Waals surface area contributed by atoms with E-state index in [1.165, 1.54) is 0 Å². The van der Waals surface area contributed by atoms with Crippen molar-refractivity contribution >= 4 is 14.4 Å². The number of aliphatic hydroxyl groups excluding tert-OH is 1. The van der Waals surface area contributed by atoms with Crippen LogP contribution in [-0.2, 0) is 22.6 Å².